The van der Waals surface area contributed by atoms with Gasteiger partial charge in [-0.3, -0.25) is 4.98 Å². The molecule has 0 unspecified atom stereocenters. The first-order chi connectivity index (χ1) is 8.88. The van der Waals surface area contributed by atoms with Crippen LogP contribution in [0.5, 0.6) is 0 Å². The largest absolute Gasteiger partial charge is 0.395 e. The third-order valence-corrected chi connectivity index (χ3v) is 2.30. The summed E-state index contributed by atoms with van der Waals surface area (Å²) >= 11 is 0. The zero-order valence-corrected chi connectivity index (χ0v) is 9.95. The number of rotatable bonds is 5. The fraction of sp³-hybridized carbons (Fsp3) is 0.143. The number of pyridine rings is 2. The molecular weight excluding hydrogens is 226 g/mol. The molecule has 0 spiro atoms. The summed E-state index contributed by atoms with van der Waals surface area (Å²) in [5.74, 6) is 0.757. The van der Waals surface area contributed by atoms with Crippen molar-refractivity contribution in [1.82, 2.24) is 9.97 Å². The van der Waals surface area contributed by atoms with E-state index >= 15 is 0 Å². The Kier molecular flexibility index (Phi) is 4.44. The first-order valence-corrected chi connectivity index (χ1v) is 5.79. The molecule has 2 N–H and O–H groups in total. The summed E-state index contributed by atoms with van der Waals surface area (Å²) in [7, 11) is 0. The predicted octanol–water partition coefficient (Wildman–Crippen LogP) is 2.05. The van der Waals surface area contributed by atoms with Crippen LogP contribution in [0.1, 0.15) is 11.4 Å². The van der Waals surface area contributed by atoms with Gasteiger partial charge in [-0.2, -0.15) is 0 Å². The molecule has 2 aromatic heterocycles. The second-order valence-electron chi connectivity index (χ2n) is 3.69. The second-order valence-corrected chi connectivity index (χ2v) is 3.69. The molecular formula is C14H15N3O. The van der Waals surface area contributed by atoms with E-state index in [9.17, 15) is 0 Å². The molecule has 0 fully saturated rings. The van der Waals surface area contributed by atoms with E-state index in [1.165, 1.54) is 0 Å². The lowest BCUT2D eigenvalue weighted by molar-refractivity contribution is 0.311. The average molecular weight is 241 g/mol. The van der Waals surface area contributed by atoms with E-state index < -0.39 is 0 Å². The maximum atomic E-state index is 8.74. The van der Waals surface area contributed by atoms with Crippen LogP contribution in [-0.2, 0) is 0 Å². The number of hydrogen-bond donors (Lipinski definition) is 2. The van der Waals surface area contributed by atoms with Gasteiger partial charge in [0.2, 0.25) is 0 Å². The van der Waals surface area contributed by atoms with E-state index in [1.807, 2.05) is 48.6 Å². The smallest absolute Gasteiger partial charge is 0.126 e. The third kappa shape index (κ3) is 3.68. The minimum absolute atomic E-state index is 0.0929. The SMILES string of the molecule is OCCNc1cccc(/C=C/c2ccccn2)n1. The molecule has 4 nitrogen and oxygen atoms in total. The molecule has 2 rings (SSSR count). The van der Waals surface area contributed by atoms with E-state index in [2.05, 4.69) is 15.3 Å². The maximum Gasteiger partial charge on any atom is 0.126 e. The summed E-state index contributed by atoms with van der Waals surface area (Å²) in [4.78, 5) is 8.59. The highest BCUT2D eigenvalue weighted by Crippen LogP contribution is 2.08. The van der Waals surface area contributed by atoms with Crippen molar-refractivity contribution in [2.24, 2.45) is 0 Å². The second kappa shape index (κ2) is 6.51. The van der Waals surface area contributed by atoms with Gasteiger partial charge < -0.3 is 10.4 Å². The van der Waals surface area contributed by atoms with Gasteiger partial charge in [0.05, 0.1) is 18.0 Å². The Labute approximate surface area is 106 Å². The van der Waals surface area contributed by atoms with Gasteiger partial charge in [0.1, 0.15) is 5.82 Å². The number of aliphatic hydroxyl groups is 1. The van der Waals surface area contributed by atoms with Crippen molar-refractivity contribution in [1.29, 1.82) is 0 Å². The number of anilines is 1. The fourth-order valence-electron chi connectivity index (χ4n) is 1.47. The van der Waals surface area contributed by atoms with Crippen LogP contribution in [0.3, 0.4) is 0 Å². The lowest BCUT2D eigenvalue weighted by Crippen LogP contribution is -2.06. The Morgan fingerprint density at radius 3 is 2.67 bits per heavy atom. The molecule has 0 radical (unpaired) electrons. The molecule has 0 atom stereocenters. The molecule has 0 aliphatic rings. The monoisotopic (exact) mass is 241 g/mol. The first kappa shape index (κ1) is 12.3. The molecule has 4 heteroatoms. The van der Waals surface area contributed by atoms with Crippen molar-refractivity contribution in [3.63, 3.8) is 0 Å². The van der Waals surface area contributed by atoms with E-state index in [0.717, 1.165) is 17.2 Å². The van der Waals surface area contributed by atoms with Crippen molar-refractivity contribution in [3.05, 3.63) is 54.0 Å². The van der Waals surface area contributed by atoms with E-state index in [4.69, 9.17) is 5.11 Å². The van der Waals surface area contributed by atoms with Crippen LogP contribution >= 0.6 is 0 Å². The Morgan fingerprint density at radius 1 is 1.06 bits per heavy atom. The topological polar surface area (TPSA) is 58.0 Å². The number of aliphatic hydroxyl groups excluding tert-OH is 1. The zero-order chi connectivity index (χ0) is 12.6. The molecule has 2 aromatic rings. The van der Waals surface area contributed by atoms with Crippen LogP contribution < -0.4 is 5.32 Å². The highest BCUT2D eigenvalue weighted by molar-refractivity contribution is 5.66. The van der Waals surface area contributed by atoms with Gasteiger partial charge in [0.15, 0.2) is 0 Å². The van der Waals surface area contributed by atoms with Gasteiger partial charge in [-0.05, 0) is 36.4 Å². The summed E-state index contributed by atoms with van der Waals surface area (Å²) in [5.41, 5.74) is 1.75. The first-order valence-electron chi connectivity index (χ1n) is 5.79. The van der Waals surface area contributed by atoms with Gasteiger partial charge in [0, 0.05) is 12.7 Å². The van der Waals surface area contributed by atoms with Crippen molar-refractivity contribution < 1.29 is 5.11 Å². The minimum Gasteiger partial charge on any atom is -0.395 e. The minimum atomic E-state index is 0.0929. The molecule has 0 amide bonds. The number of nitrogens with zero attached hydrogens (tertiary/aromatic N) is 2. The molecule has 2 heterocycles. The predicted molar refractivity (Wildman–Crippen MR) is 73.0 cm³/mol. The lowest BCUT2D eigenvalue weighted by Gasteiger charge is -2.03. The highest BCUT2D eigenvalue weighted by atomic mass is 16.3. The normalized spacial score (nSPS) is 10.7. The van der Waals surface area contributed by atoms with Gasteiger partial charge in [-0.15, -0.1) is 0 Å². The van der Waals surface area contributed by atoms with Gasteiger partial charge >= 0.3 is 0 Å². The average Bonchev–Trinajstić information content (AvgIpc) is 2.44. The van der Waals surface area contributed by atoms with Crippen molar-refractivity contribution in [2.45, 2.75) is 0 Å². The summed E-state index contributed by atoms with van der Waals surface area (Å²) < 4.78 is 0. The van der Waals surface area contributed by atoms with Gasteiger partial charge in [-0.1, -0.05) is 12.1 Å². The van der Waals surface area contributed by atoms with E-state index in [0.29, 0.717) is 6.54 Å². The summed E-state index contributed by atoms with van der Waals surface area (Å²) in [6.45, 7) is 0.593. The standard InChI is InChI=1S/C14H15N3O/c18-11-10-16-14-6-3-5-13(17-14)8-7-12-4-1-2-9-15-12/h1-9,18H,10-11H2,(H,16,17)/b8-7+. The molecule has 92 valence electrons. The van der Waals surface area contributed by atoms with E-state index in [-0.39, 0.29) is 6.61 Å². The molecule has 0 aliphatic heterocycles. The van der Waals surface area contributed by atoms with Crippen LogP contribution in [0.25, 0.3) is 12.2 Å². The summed E-state index contributed by atoms with van der Waals surface area (Å²) in [6, 6.07) is 11.5. The van der Waals surface area contributed by atoms with Gasteiger partial charge in [-0.25, -0.2) is 4.98 Å². The Morgan fingerprint density at radius 2 is 1.89 bits per heavy atom. The molecule has 0 saturated carbocycles. The van der Waals surface area contributed by atoms with Crippen LogP contribution in [0.2, 0.25) is 0 Å². The molecule has 18 heavy (non-hydrogen) atoms. The quantitative estimate of drug-likeness (QED) is 0.841. The lowest BCUT2D eigenvalue weighted by atomic mass is 10.2. The molecule has 0 aromatic carbocycles. The fourth-order valence-corrected chi connectivity index (χ4v) is 1.47. The number of hydrogen-bond acceptors (Lipinski definition) is 4. The third-order valence-electron chi connectivity index (χ3n) is 2.30. The molecule has 0 aliphatic carbocycles. The van der Waals surface area contributed by atoms with E-state index in [1.54, 1.807) is 6.20 Å². The maximum absolute atomic E-state index is 8.74. The van der Waals surface area contributed by atoms with Crippen molar-refractivity contribution in [2.75, 3.05) is 18.5 Å². The molecule has 0 saturated heterocycles. The van der Waals surface area contributed by atoms with Crippen LogP contribution in [0.4, 0.5) is 5.82 Å². The highest BCUT2D eigenvalue weighted by Gasteiger charge is 1.94. The molecule has 0 bridgehead atoms. The van der Waals surface area contributed by atoms with Crippen LogP contribution in [-0.4, -0.2) is 28.2 Å². The number of nitrogens with one attached hydrogen (secondary N) is 1. The van der Waals surface area contributed by atoms with Crippen LogP contribution in [0, 0.1) is 0 Å². The Bertz CT molecular complexity index is 511. The summed E-state index contributed by atoms with van der Waals surface area (Å²) in [6.07, 6.45) is 5.58. The Balaban J connectivity index is 2.07. The van der Waals surface area contributed by atoms with Crippen LogP contribution in [0.15, 0.2) is 42.6 Å². The Hall–Kier alpha value is -2.20. The van der Waals surface area contributed by atoms with Gasteiger partial charge in [0.25, 0.3) is 0 Å². The van der Waals surface area contributed by atoms with Crippen molar-refractivity contribution in [3.8, 4) is 0 Å². The number of aromatic nitrogens is 2. The zero-order valence-electron chi connectivity index (χ0n) is 9.95. The van der Waals surface area contributed by atoms with Crippen molar-refractivity contribution >= 4 is 18.0 Å². The summed E-state index contributed by atoms with van der Waals surface area (Å²) in [5, 5.41) is 11.8.